The number of amides is 2. The van der Waals surface area contributed by atoms with Gasteiger partial charge in [-0.05, 0) is 44.4 Å². The molecule has 1 aliphatic heterocycles. The first-order valence-electron chi connectivity index (χ1n) is 8.97. The Balaban J connectivity index is 2.19. The highest BCUT2D eigenvalue weighted by Crippen LogP contribution is 2.49. The van der Waals surface area contributed by atoms with Crippen molar-refractivity contribution in [3.05, 3.63) is 65.7 Å². The first kappa shape index (κ1) is 18.8. The van der Waals surface area contributed by atoms with Crippen molar-refractivity contribution in [2.24, 2.45) is 0 Å². The van der Waals surface area contributed by atoms with Crippen LogP contribution in [-0.4, -0.2) is 23.9 Å². The third-order valence-electron chi connectivity index (χ3n) is 4.65. The SMILES string of the molecule is CC(C)(C)OC(=O)N1C(=O)[C@](CCC=O)(c2ccccc2)c2ccccc21. The van der Waals surface area contributed by atoms with Crippen LogP contribution in [0, 0.1) is 0 Å². The minimum absolute atomic E-state index is 0.205. The molecule has 2 aromatic rings. The van der Waals surface area contributed by atoms with Gasteiger partial charge < -0.3 is 9.53 Å². The predicted octanol–water partition coefficient (Wildman–Crippen LogP) is 4.23. The molecule has 1 heterocycles. The topological polar surface area (TPSA) is 63.7 Å². The van der Waals surface area contributed by atoms with E-state index in [-0.39, 0.29) is 18.7 Å². The van der Waals surface area contributed by atoms with Gasteiger partial charge in [0.25, 0.3) is 5.91 Å². The smallest absolute Gasteiger partial charge is 0.421 e. The van der Waals surface area contributed by atoms with Gasteiger partial charge in [-0.15, -0.1) is 0 Å². The largest absolute Gasteiger partial charge is 0.443 e. The number of ether oxygens (including phenoxy) is 1. The number of rotatable bonds is 4. The predicted molar refractivity (Wildman–Crippen MR) is 103 cm³/mol. The Kier molecular flexibility index (Phi) is 4.87. The van der Waals surface area contributed by atoms with Crippen LogP contribution in [0.2, 0.25) is 0 Å². The lowest BCUT2D eigenvalue weighted by Crippen LogP contribution is -2.46. The Morgan fingerprint density at radius 3 is 2.33 bits per heavy atom. The first-order chi connectivity index (χ1) is 12.8. The molecule has 0 fully saturated rings. The molecule has 5 heteroatoms. The van der Waals surface area contributed by atoms with E-state index in [0.29, 0.717) is 11.3 Å². The van der Waals surface area contributed by atoms with Crippen LogP contribution in [0.15, 0.2) is 54.6 Å². The maximum absolute atomic E-state index is 13.6. The lowest BCUT2D eigenvalue weighted by atomic mass is 9.72. The molecule has 0 bridgehead atoms. The van der Waals surface area contributed by atoms with Crippen LogP contribution in [-0.2, 0) is 19.7 Å². The number of imide groups is 1. The second-order valence-electron chi connectivity index (χ2n) is 7.61. The number of benzene rings is 2. The highest BCUT2D eigenvalue weighted by atomic mass is 16.6. The van der Waals surface area contributed by atoms with Gasteiger partial charge in [0.1, 0.15) is 17.3 Å². The standard InChI is InChI=1S/C22H23NO4/c1-21(2,3)27-20(26)23-18-13-8-7-12-17(18)22(19(23)25,14-9-15-24)16-10-5-4-6-11-16/h4-8,10-13,15H,9,14H2,1-3H3/t22-/m1/s1. The van der Waals surface area contributed by atoms with Crippen LogP contribution < -0.4 is 4.90 Å². The third kappa shape index (κ3) is 3.25. The fourth-order valence-corrected chi connectivity index (χ4v) is 3.60. The van der Waals surface area contributed by atoms with Crippen LogP contribution in [0.4, 0.5) is 10.5 Å². The van der Waals surface area contributed by atoms with Gasteiger partial charge in [-0.1, -0.05) is 48.5 Å². The van der Waals surface area contributed by atoms with Crippen LogP contribution in [0.1, 0.15) is 44.7 Å². The highest BCUT2D eigenvalue weighted by molar-refractivity contribution is 6.22. The summed E-state index contributed by atoms with van der Waals surface area (Å²) in [4.78, 5) is 38.7. The summed E-state index contributed by atoms with van der Waals surface area (Å²) < 4.78 is 5.48. The molecule has 3 rings (SSSR count). The van der Waals surface area contributed by atoms with Crippen LogP contribution >= 0.6 is 0 Å². The highest BCUT2D eigenvalue weighted by Gasteiger charge is 2.54. The molecule has 0 N–H and O–H groups in total. The fraction of sp³-hybridized carbons (Fsp3) is 0.318. The number of nitrogens with zero attached hydrogens (tertiary/aromatic N) is 1. The van der Waals surface area contributed by atoms with Crippen LogP contribution in [0.5, 0.6) is 0 Å². The summed E-state index contributed by atoms with van der Waals surface area (Å²) in [5.41, 5.74) is 0.165. The molecule has 0 unspecified atom stereocenters. The number of hydrogen-bond acceptors (Lipinski definition) is 4. The molecule has 2 aromatic carbocycles. The molecule has 0 radical (unpaired) electrons. The normalized spacial score (nSPS) is 18.9. The molecule has 27 heavy (non-hydrogen) atoms. The van der Waals surface area contributed by atoms with Gasteiger partial charge in [0.05, 0.1) is 5.69 Å². The molecule has 1 atom stereocenters. The summed E-state index contributed by atoms with van der Waals surface area (Å²) in [5, 5.41) is 0. The Morgan fingerprint density at radius 1 is 1.07 bits per heavy atom. The van der Waals surface area contributed by atoms with Gasteiger partial charge in [-0.2, -0.15) is 0 Å². The van der Waals surface area contributed by atoms with E-state index in [2.05, 4.69) is 0 Å². The van der Waals surface area contributed by atoms with Gasteiger partial charge in [0.2, 0.25) is 0 Å². The number of para-hydroxylation sites is 1. The number of carbonyl (C=O) groups is 3. The van der Waals surface area contributed by atoms with Gasteiger partial charge in [-0.3, -0.25) is 4.79 Å². The summed E-state index contributed by atoms with van der Waals surface area (Å²) in [7, 11) is 0. The molecule has 140 valence electrons. The minimum atomic E-state index is -1.09. The van der Waals surface area contributed by atoms with E-state index in [1.54, 1.807) is 32.9 Å². The van der Waals surface area contributed by atoms with Crippen LogP contribution in [0.25, 0.3) is 0 Å². The van der Waals surface area contributed by atoms with Crippen molar-refractivity contribution in [1.29, 1.82) is 0 Å². The van der Waals surface area contributed by atoms with Crippen molar-refractivity contribution in [1.82, 2.24) is 0 Å². The van der Waals surface area contributed by atoms with Crippen molar-refractivity contribution in [2.45, 2.75) is 44.6 Å². The van der Waals surface area contributed by atoms with Gasteiger partial charge in [0, 0.05) is 6.42 Å². The maximum atomic E-state index is 13.6. The molecule has 0 spiro atoms. The third-order valence-corrected chi connectivity index (χ3v) is 4.65. The van der Waals surface area contributed by atoms with Crippen molar-refractivity contribution in [3.8, 4) is 0 Å². The molecule has 1 aliphatic rings. The number of fused-ring (bicyclic) bond motifs is 1. The lowest BCUT2D eigenvalue weighted by Gasteiger charge is -2.29. The molecule has 0 aliphatic carbocycles. The quantitative estimate of drug-likeness (QED) is 0.761. The van der Waals surface area contributed by atoms with Crippen molar-refractivity contribution >= 4 is 24.0 Å². The number of hydrogen-bond donors (Lipinski definition) is 0. The average molecular weight is 365 g/mol. The van der Waals surface area contributed by atoms with E-state index in [4.69, 9.17) is 4.74 Å². The van der Waals surface area contributed by atoms with Crippen molar-refractivity contribution < 1.29 is 19.1 Å². The molecule has 0 aromatic heterocycles. The van der Waals surface area contributed by atoms with E-state index in [9.17, 15) is 14.4 Å². The molecule has 5 nitrogen and oxygen atoms in total. The summed E-state index contributed by atoms with van der Waals surface area (Å²) in [6, 6.07) is 16.5. The van der Waals surface area contributed by atoms with Gasteiger partial charge in [-0.25, -0.2) is 9.69 Å². The van der Waals surface area contributed by atoms with Crippen LogP contribution in [0.3, 0.4) is 0 Å². The molecular weight excluding hydrogens is 342 g/mol. The zero-order valence-corrected chi connectivity index (χ0v) is 15.8. The maximum Gasteiger partial charge on any atom is 0.421 e. The van der Waals surface area contributed by atoms with Gasteiger partial charge in [0.15, 0.2) is 0 Å². The summed E-state index contributed by atoms with van der Waals surface area (Å²) in [5.74, 6) is -0.383. The zero-order valence-electron chi connectivity index (χ0n) is 15.8. The summed E-state index contributed by atoms with van der Waals surface area (Å²) >= 11 is 0. The lowest BCUT2D eigenvalue weighted by molar-refractivity contribution is -0.122. The Hall–Kier alpha value is -2.95. The van der Waals surface area contributed by atoms with E-state index in [0.717, 1.165) is 16.7 Å². The van der Waals surface area contributed by atoms with E-state index in [1.807, 2.05) is 42.5 Å². The van der Waals surface area contributed by atoms with E-state index >= 15 is 0 Å². The van der Waals surface area contributed by atoms with Gasteiger partial charge >= 0.3 is 6.09 Å². The fourth-order valence-electron chi connectivity index (χ4n) is 3.60. The molecular formula is C22H23NO4. The summed E-state index contributed by atoms with van der Waals surface area (Å²) in [6.07, 6.45) is 0.590. The molecule has 0 saturated heterocycles. The number of anilines is 1. The second kappa shape index (κ2) is 6.99. The Labute approximate surface area is 158 Å². The minimum Gasteiger partial charge on any atom is -0.443 e. The summed E-state index contributed by atoms with van der Waals surface area (Å²) in [6.45, 7) is 5.27. The van der Waals surface area contributed by atoms with Crippen molar-refractivity contribution in [3.63, 3.8) is 0 Å². The zero-order chi connectivity index (χ0) is 19.7. The van der Waals surface area contributed by atoms with E-state index < -0.39 is 17.1 Å². The number of aldehydes is 1. The Bertz CT molecular complexity index is 869. The first-order valence-corrected chi connectivity index (χ1v) is 8.97. The average Bonchev–Trinajstić information content (AvgIpc) is 2.88. The monoisotopic (exact) mass is 365 g/mol. The second-order valence-corrected chi connectivity index (χ2v) is 7.61. The number of carbonyl (C=O) groups excluding carboxylic acids is 3. The molecule has 2 amide bonds. The van der Waals surface area contributed by atoms with E-state index in [1.165, 1.54) is 0 Å². The Morgan fingerprint density at radius 2 is 1.70 bits per heavy atom. The van der Waals surface area contributed by atoms with Crippen molar-refractivity contribution in [2.75, 3.05) is 4.90 Å². The molecule has 0 saturated carbocycles.